The molecule has 0 aliphatic carbocycles. The fourth-order valence-electron chi connectivity index (χ4n) is 1.63. The van der Waals surface area contributed by atoms with Crippen LogP contribution in [-0.4, -0.2) is 30.3 Å². The Morgan fingerprint density at radius 1 is 1.56 bits per heavy atom. The smallest absolute Gasteiger partial charge is 0.335 e. The van der Waals surface area contributed by atoms with Crippen LogP contribution in [-0.2, 0) is 4.74 Å². The third-order valence-electron chi connectivity index (χ3n) is 2.51. The largest absolute Gasteiger partial charge is 0.478 e. The number of rotatable bonds is 3. The molecule has 0 aromatic heterocycles. The van der Waals surface area contributed by atoms with Crippen LogP contribution < -0.4 is 5.32 Å². The molecule has 0 saturated carbocycles. The van der Waals surface area contributed by atoms with Crippen LogP contribution in [0.1, 0.15) is 16.8 Å². The second-order valence-electron chi connectivity index (χ2n) is 3.70. The Bertz CT molecular complexity index is 402. The van der Waals surface area contributed by atoms with Gasteiger partial charge in [-0.3, -0.25) is 0 Å². The fraction of sp³-hybridized carbons (Fsp3) is 0.364. The van der Waals surface area contributed by atoms with E-state index in [1.165, 1.54) is 0 Å². The molecule has 0 amide bonds. The number of hydrogen-bond donors (Lipinski definition) is 2. The van der Waals surface area contributed by atoms with Crippen LogP contribution in [0, 0.1) is 0 Å². The number of anilines is 1. The Kier molecular flexibility index (Phi) is 3.46. The molecule has 16 heavy (non-hydrogen) atoms. The first-order chi connectivity index (χ1) is 7.66. The van der Waals surface area contributed by atoms with Crippen molar-refractivity contribution in [1.29, 1.82) is 0 Å². The highest BCUT2D eigenvalue weighted by atomic mass is 79.9. The van der Waals surface area contributed by atoms with Gasteiger partial charge in [-0.15, -0.1) is 0 Å². The van der Waals surface area contributed by atoms with E-state index < -0.39 is 5.97 Å². The number of carbonyl (C=O) groups is 1. The van der Waals surface area contributed by atoms with Crippen LogP contribution in [0.2, 0.25) is 0 Å². The topological polar surface area (TPSA) is 58.6 Å². The third-order valence-corrected chi connectivity index (χ3v) is 3.16. The van der Waals surface area contributed by atoms with Crippen LogP contribution in [0.25, 0.3) is 0 Å². The third kappa shape index (κ3) is 2.54. The van der Waals surface area contributed by atoms with Gasteiger partial charge in [-0.2, -0.15) is 0 Å². The van der Waals surface area contributed by atoms with Gasteiger partial charge in [0.25, 0.3) is 0 Å². The van der Waals surface area contributed by atoms with Crippen molar-refractivity contribution >= 4 is 27.6 Å². The molecule has 86 valence electrons. The van der Waals surface area contributed by atoms with E-state index in [0.717, 1.165) is 23.2 Å². The molecule has 2 rings (SSSR count). The summed E-state index contributed by atoms with van der Waals surface area (Å²) in [7, 11) is 0. The minimum atomic E-state index is -0.920. The second-order valence-corrected chi connectivity index (χ2v) is 4.56. The molecule has 1 saturated heterocycles. The van der Waals surface area contributed by atoms with Gasteiger partial charge in [0.05, 0.1) is 18.2 Å². The average Bonchev–Trinajstić information content (AvgIpc) is 2.73. The highest BCUT2D eigenvalue weighted by Crippen LogP contribution is 2.25. The van der Waals surface area contributed by atoms with E-state index >= 15 is 0 Å². The maximum atomic E-state index is 10.7. The number of halogens is 1. The van der Waals surface area contributed by atoms with Crippen LogP contribution >= 0.6 is 15.9 Å². The maximum absolute atomic E-state index is 10.7. The fourth-order valence-corrected chi connectivity index (χ4v) is 2.13. The van der Waals surface area contributed by atoms with Gasteiger partial charge in [0.15, 0.2) is 0 Å². The van der Waals surface area contributed by atoms with Crippen molar-refractivity contribution < 1.29 is 14.6 Å². The predicted octanol–water partition coefficient (Wildman–Crippen LogP) is 2.35. The summed E-state index contributed by atoms with van der Waals surface area (Å²) in [5.74, 6) is -0.920. The highest BCUT2D eigenvalue weighted by molar-refractivity contribution is 9.10. The molecule has 1 aliphatic heterocycles. The van der Waals surface area contributed by atoms with Gasteiger partial charge in [0.1, 0.15) is 0 Å². The summed E-state index contributed by atoms with van der Waals surface area (Å²) >= 11 is 3.36. The molecule has 2 N–H and O–H groups in total. The molecular formula is C11H12BrNO3. The Hall–Kier alpha value is -1.07. The lowest BCUT2D eigenvalue weighted by molar-refractivity contribution is 0.0697. The molecule has 1 aliphatic rings. The highest BCUT2D eigenvalue weighted by Gasteiger charge is 2.16. The zero-order chi connectivity index (χ0) is 11.5. The van der Waals surface area contributed by atoms with E-state index in [1.807, 2.05) is 0 Å². The number of benzene rings is 1. The molecule has 1 fully saturated rings. The Morgan fingerprint density at radius 3 is 2.94 bits per heavy atom. The zero-order valence-corrected chi connectivity index (χ0v) is 10.2. The summed E-state index contributed by atoms with van der Waals surface area (Å²) in [6.07, 6.45) is 0.979. The van der Waals surface area contributed by atoms with E-state index in [1.54, 1.807) is 18.2 Å². The summed E-state index contributed by atoms with van der Waals surface area (Å²) in [6.45, 7) is 1.48. The average molecular weight is 286 g/mol. The summed E-state index contributed by atoms with van der Waals surface area (Å²) < 4.78 is 6.02. The van der Waals surface area contributed by atoms with E-state index in [4.69, 9.17) is 9.84 Å². The van der Waals surface area contributed by atoms with Crippen molar-refractivity contribution in [3.8, 4) is 0 Å². The lowest BCUT2D eigenvalue weighted by atomic mass is 10.2. The molecule has 0 spiro atoms. The summed E-state index contributed by atoms with van der Waals surface area (Å²) in [5.41, 5.74) is 1.18. The summed E-state index contributed by atoms with van der Waals surface area (Å²) in [5, 5.41) is 12.1. The Morgan fingerprint density at radius 2 is 2.38 bits per heavy atom. The molecule has 4 nitrogen and oxygen atoms in total. The van der Waals surface area contributed by atoms with E-state index in [9.17, 15) is 4.79 Å². The van der Waals surface area contributed by atoms with Gasteiger partial charge < -0.3 is 15.2 Å². The monoisotopic (exact) mass is 285 g/mol. The first kappa shape index (κ1) is 11.4. The maximum Gasteiger partial charge on any atom is 0.335 e. The predicted molar refractivity (Wildman–Crippen MR) is 63.9 cm³/mol. The number of hydrogen-bond acceptors (Lipinski definition) is 3. The van der Waals surface area contributed by atoms with Crippen molar-refractivity contribution in [3.63, 3.8) is 0 Å². The van der Waals surface area contributed by atoms with Crippen LogP contribution in [0.3, 0.4) is 0 Å². The van der Waals surface area contributed by atoms with Crippen molar-refractivity contribution in [2.45, 2.75) is 12.5 Å². The number of nitrogens with one attached hydrogen (secondary N) is 1. The lowest BCUT2D eigenvalue weighted by Crippen LogP contribution is -2.19. The zero-order valence-electron chi connectivity index (χ0n) is 8.57. The van der Waals surface area contributed by atoms with Crippen LogP contribution in [0.4, 0.5) is 5.69 Å². The molecular weight excluding hydrogens is 274 g/mol. The van der Waals surface area contributed by atoms with E-state index in [-0.39, 0.29) is 5.56 Å². The van der Waals surface area contributed by atoms with Crippen molar-refractivity contribution in [2.75, 3.05) is 18.5 Å². The minimum Gasteiger partial charge on any atom is -0.478 e. The molecule has 1 atom stereocenters. The minimum absolute atomic E-state index is 0.278. The van der Waals surface area contributed by atoms with Gasteiger partial charge >= 0.3 is 5.97 Å². The molecule has 0 radical (unpaired) electrons. The van der Waals surface area contributed by atoms with E-state index in [0.29, 0.717) is 12.6 Å². The number of aromatic carboxylic acids is 1. The first-order valence-electron chi connectivity index (χ1n) is 5.04. The van der Waals surface area contributed by atoms with Gasteiger partial charge in [-0.05, 0) is 40.5 Å². The van der Waals surface area contributed by atoms with Crippen LogP contribution in [0.15, 0.2) is 22.7 Å². The lowest BCUT2D eigenvalue weighted by Gasteiger charge is -2.13. The van der Waals surface area contributed by atoms with E-state index in [2.05, 4.69) is 21.2 Å². The second kappa shape index (κ2) is 4.84. The SMILES string of the molecule is O=C(O)c1ccc(NC2CCOC2)c(Br)c1. The van der Waals surface area contributed by atoms with Gasteiger partial charge in [-0.25, -0.2) is 4.79 Å². The molecule has 1 heterocycles. The standard InChI is InChI=1S/C11H12BrNO3/c12-9-5-7(11(14)15)1-2-10(9)13-8-3-4-16-6-8/h1-2,5,8,13H,3-4,6H2,(H,14,15). The number of carboxylic acid groups (broad SMARTS) is 1. The first-order valence-corrected chi connectivity index (χ1v) is 5.83. The normalized spacial score (nSPS) is 19.7. The molecule has 0 bridgehead atoms. The summed E-state index contributed by atoms with van der Waals surface area (Å²) in [6, 6.07) is 5.27. The quantitative estimate of drug-likeness (QED) is 0.895. The van der Waals surface area contributed by atoms with Gasteiger partial charge in [0.2, 0.25) is 0 Å². The van der Waals surface area contributed by atoms with Gasteiger partial charge in [0, 0.05) is 16.8 Å². The summed E-state index contributed by atoms with van der Waals surface area (Å²) in [4.78, 5) is 10.7. The van der Waals surface area contributed by atoms with Crippen LogP contribution in [0.5, 0.6) is 0 Å². The van der Waals surface area contributed by atoms with Crippen molar-refractivity contribution in [3.05, 3.63) is 28.2 Å². The van der Waals surface area contributed by atoms with Crippen molar-refractivity contribution in [1.82, 2.24) is 0 Å². The Balaban J connectivity index is 2.12. The van der Waals surface area contributed by atoms with Gasteiger partial charge in [-0.1, -0.05) is 0 Å². The number of ether oxygens (including phenoxy) is 1. The Labute approximate surface area is 102 Å². The number of carboxylic acids is 1. The van der Waals surface area contributed by atoms with Crippen molar-refractivity contribution in [2.24, 2.45) is 0 Å². The molecule has 1 aromatic rings. The molecule has 5 heteroatoms. The molecule has 1 unspecified atom stereocenters. The molecule has 1 aromatic carbocycles.